The van der Waals surface area contributed by atoms with Gasteiger partial charge in [-0.15, -0.1) is 0 Å². The highest BCUT2D eigenvalue weighted by atomic mass is 15.3. The molecule has 0 saturated heterocycles. The van der Waals surface area contributed by atoms with Gasteiger partial charge in [-0.05, 0) is 19.4 Å². The third-order valence-electron chi connectivity index (χ3n) is 3.23. The number of hydrogen-bond acceptors (Lipinski definition) is 3. The van der Waals surface area contributed by atoms with Gasteiger partial charge in [-0.25, -0.2) is 9.98 Å². The van der Waals surface area contributed by atoms with E-state index in [0.29, 0.717) is 6.54 Å². The fourth-order valence-electron chi connectivity index (χ4n) is 2.09. The molecule has 1 heterocycles. The summed E-state index contributed by atoms with van der Waals surface area (Å²) < 4.78 is 0. The molecular weight excluding hydrogens is 262 g/mol. The zero-order valence-corrected chi connectivity index (χ0v) is 14.1. The third-order valence-corrected chi connectivity index (χ3v) is 3.23. The summed E-state index contributed by atoms with van der Waals surface area (Å²) in [6.07, 6.45) is 4.19. The number of unbranched alkanes of at least 4 members (excludes halogenated alkanes) is 1. The lowest BCUT2D eigenvalue weighted by Crippen LogP contribution is -2.39. The molecule has 0 aromatic carbocycles. The van der Waals surface area contributed by atoms with Crippen molar-refractivity contribution in [3.8, 4) is 0 Å². The molecule has 0 aliphatic heterocycles. The van der Waals surface area contributed by atoms with Crippen LogP contribution < -0.4 is 10.2 Å². The average molecular weight is 291 g/mol. The van der Waals surface area contributed by atoms with E-state index >= 15 is 0 Å². The number of anilines is 1. The normalized spacial score (nSPS) is 11.4. The number of aliphatic imine (C=N–C) groups is 1. The van der Waals surface area contributed by atoms with E-state index in [2.05, 4.69) is 42.2 Å². The second-order valence-corrected chi connectivity index (χ2v) is 5.33. The predicted molar refractivity (Wildman–Crippen MR) is 90.9 cm³/mol. The van der Waals surface area contributed by atoms with E-state index in [0.717, 1.165) is 30.4 Å². The summed E-state index contributed by atoms with van der Waals surface area (Å²) in [4.78, 5) is 13.4. The van der Waals surface area contributed by atoms with Crippen LogP contribution >= 0.6 is 0 Å². The summed E-state index contributed by atoms with van der Waals surface area (Å²) in [6.45, 7) is 6.84. The highest BCUT2D eigenvalue weighted by Gasteiger charge is 2.07. The topological polar surface area (TPSA) is 43.8 Å². The SMILES string of the molecule is CCCCN(C)C(=NCc1cccnc1N(C)C)NCC. The second kappa shape index (κ2) is 9.21. The smallest absolute Gasteiger partial charge is 0.193 e. The number of pyridine rings is 1. The van der Waals surface area contributed by atoms with E-state index in [1.54, 1.807) is 0 Å². The van der Waals surface area contributed by atoms with Crippen LogP contribution in [-0.4, -0.2) is 50.1 Å². The fourth-order valence-corrected chi connectivity index (χ4v) is 2.09. The van der Waals surface area contributed by atoms with Gasteiger partial charge in [0.2, 0.25) is 0 Å². The van der Waals surface area contributed by atoms with Gasteiger partial charge in [0.1, 0.15) is 5.82 Å². The Morgan fingerprint density at radius 2 is 2.05 bits per heavy atom. The first-order valence-corrected chi connectivity index (χ1v) is 7.70. The molecule has 1 aromatic rings. The van der Waals surface area contributed by atoms with Gasteiger partial charge in [-0.3, -0.25) is 0 Å². The van der Waals surface area contributed by atoms with E-state index in [9.17, 15) is 0 Å². The standard InChI is InChI=1S/C16H29N5/c1-6-8-12-21(5)16(17-7-2)19-13-14-10-9-11-18-15(14)20(3)4/h9-11H,6-8,12-13H2,1-5H3,(H,17,19). The van der Waals surface area contributed by atoms with Gasteiger partial charge in [-0.2, -0.15) is 0 Å². The van der Waals surface area contributed by atoms with E-state index in [1.165, 1.54) is 12.8 Å². The minimum atomic E-state index is 0.639. The number of guanidine groups is 1. The molecule has 118 valence electrons. The van der Waals surface area contributed by atoms with E-state index in [-0.39, 0.29) is 0 Å². The van der Waals surface area contributed by atoms with Gasteiger partial charge in [0.25, 0.3) is 0 Å². The molecule has 0 unspecified atom stereocenters. The van der Waals surface area contributed by atoms with Crippen molar-refractivity contribution < 1.29 is 0 Å². The van der Waals surface area contributed by atoms with Gasteiger partial charge in [0.15, 0.2) is 5.96 Å². The molecule has 21 heavy (non-hydrogen) atoms. The summed E-state index contributed by atoms with van der Waals surface area (Å²) >= 11 is 0. The van der Waals surface area contributed by atoms with Crippen molar-refractivity contribution >= 4 is 11.8 Å². The van der Waals surface area contributed by atoms with Crippen molar-refractivity contribution in [3.05, 3.63) is 23.9 Å². The summed E-state index contributed by atoms with van der Waals surface area (Å²) in [5, 5.41) is 3.35. The Hall–Kier alpha value is -1.78. The molecule has 1 aromatic heterocycles. The van der Waals surface area contributed by atoms with Gasteiger partial charge in [0.05, 0.1) is 6.54 Å². The van der Waals surface area contributed by atoms with Gasteiger partial charge in [0, 0.05) is 46.0 Å². The maximum Gasteiger partial charge on any atom is 0.193 e. The number of aromatic nitrogens is 1. The van der Waals surface area contributed by atoms with Crippen molar-refractivity contribution in [2.75, 3.05) is 39.1 Å². The Morgan fingerprint density at radius 1 is 1.29 bits per heavy atom. The largest absolute Gasteiger partial charge is 0.362 e. The van der Waals surface area contributed by atoms with Crippen LogP contribution in [0, 0.1) is 0 Å². The van der Waals surface area contributed by atoms with E-state index < -0.39 is 0 Å². The Balaban J connectivity index is 2.82. The summed E-state index contributed by atoms with van der Waals surface area (Å²) in [5.41, 5.74) is 1.14. The Labute approximate surface area is 129 Å². The molecule has 5 nitrogen and oxygen atoms in total. The first-order chi connectivity index (χ1) is 10.1. The Kier molecular flexibility index (Phi) is 7.58. The lowest BCUT2D eigenvalue weighted by molar-refractivity contribution is 0.465. The molecule has 0 spiro atoms. The maximum atomic E-state index is 4.74. The molecule has 0 fully saturated rings. The van der Waals surface area contributed by atoms with Crippen LogP contribution in [0.25, 0.3) is 0 Å². The summed E-state index contributed by atoms with van der Waals surface area (Å²) in [5.74, 6) is 1.94. The molecular formula is C16H29N5. The van der Waals surface area contributed by atoms with Crippen LogP contribution in [-0.2, 0) is 6.54 Å². The van der Waals surface area contributed by atoms with E-state index in [4.69, 9.17) is 4.99 Å². The number of nitrogens with zero attached hydrogens (tertiary/aromatic N) is 4. The number of nitrogens with one attached hydrogen (secondary N) is 1. The highest BCUT2D eigenvalue weighted by Crippen LogP contribution is 2.15. The van der Waals surface area contributed by atoms with Crippen LogP contribution in [0.2, 0.25) is 0 Å². The molecule has 1 rings (SSSR count). The predicted octanol–water partition coefficient (Wildman–Crippen LogP) is 2.34. The lowest BCUT2D eigenvalue weighted by atomic mass is 10.2. The van der Waals surface area contributed by atoms with Crippen LogP contribution in [0.1, 0.15) is 32.3 Å². The van der Waals surface area contributed by atoms with Crippen molar-refractivity contribution in [1.82, 2.24) is 15.2 Å². The molecule has 0 saturated carbocycles. The van der Waals surface area contributed by atoms with Crippen LogP contribution in [0.4, 0.5) is 5.82 Å². The van der Waals surface area contributed by atoms with Crippen molar-refractivity contribution in [2.24, 2.45) is 4.99 Å². The molecule has 5 heteroatoms. The Bertz CT molecular complexity index is 442. The zero-order valence-electron chi connectivity index (χ0n) is 14.1. The van der Waals surface area contributed by atoms with Crippen molar-refractivity contribution in [2.45, 2.75) is 33.2 Å². The summed E-state index contributed by atoms with van der Waals surface area (Å²) in [6, 6.07) is 4.05. The van der Waals surface area contributed by atoms with Gasteiger partial charge in [-0.1, -0.05) is 19.4 Å². The van der Waals surface area contributed by atoms with Crippen LogP contribution in [0.3, 0.4) is 0 Å². The average Bonchev–Trinajstić information content (AvgIpc) is 2.49. The van der Waals surface area contributed by atoms with Gasteiger partial charge < -0.3 is 15.1 Å². The number of hydrogen-bond donors (Lipinski definition) is 1. The molecule has 0 amide bonds. The first-order valence-electron chi connectivity index (χ1n) is 7.70. The highest BCUT2D eigenvalue weighted by molar-refractivity contribution is 5.79. The quantitative estimate of drug-likeness (QED) is 0.618. The second-order valence-electron chi connectivity index (χ2n) is 5.33. The van der Waals surface area contributed by atoms with Crippen molar-refractivity contribution in [1.29, 1.82) is 0 Å². The monoisotopic (exact) mass is 291 g/mol. The Morgan fingerprint density at radius 3 is 2.67 bits per heavy atom. The van der Waals surface area contributed by atoms with E-state index in [1.807, 2.05) is 31.3 Å². The summed E-state index contributed by atoms with van der Waals surface area (Å²) in [7, 11) is 6.11. The minimum absolute atomic E-state index is 0.639. The van der Waals surface area contributed by atoms with Crippen LogP contribution in [0.5, 0.6) is 0 Å². The molecule has 0 atom stereocenters. The molecule has 0 aliphatic carbocycles. The molecule has 0 radical (unpaired) electrons. The molecule has 0 aliphatic rings. The molecule has 0 bridgehead atoms. The van der Waals surface area contributed by atoms with Crippen LogP contribution in [0.15, 0.2) is 23.3 Å². The van der Waals surface area contributed by atoms with Gasteiger partial charge >= 0.3 is 0 Å². The lowest BCUT2D eigenvalue weighted by Gasteiger charge is -2.22. The first kappa shape index (κ1) is 17.3. The third kappa shape index (κ3) is 5.61. The number of rotatable bonds is 7. The fraction of sp³-hybridized carbons (Fsp3) is 0.625. The maximum absolute atomic E-state index is 4.74. The van der Waals surface area contributed by atoms with Crippen molar-refractivity contribution in [3.63, 3.8) is 0 Å². The minimum Gasteiger partial charge on any atom is -0.362 e. The zero-order chi connectivity index (χ0) is 15.7. The molecule has 1 N–H and O–H groups in total.